The van der Waals surface area contributed by atoms with Crippen molar-refractivity contribution in [1.29, 1.82) is 0 Å². The number of nitrogens with one attached hydrogen (secondary N) is 1. The van der Waals surface area contributed by atoms with Gasteiger partial charge in [0.15, 0.2) is 0 Å². The predicted molar refractivity (Wildman–Crippen MR) is 76.1 cm³/mol. The quantitative estimate of drug-likeness (QED) is 0.827. The molecule has 2 heteroatoms. The van der Waals surface area contributed by atoms with E-state index >= 15 is 0 Å². The lowest BCUT2D eigenvalue weighted by molar-refractivity contribution is 0.269. The molecule has 0 saturated carbocycles. The van der Waals surface area contributed by atoms with E-state index in [2.05, 4.69) is 44.3 Å². The Morgan fingerprint density at radius 2 is 2.22 bits per heavy atom. The summed E-state index contributed by atoms with van der Waals surface area (Å²) in [7, 11) is 0. The molecule has 0 heterocycles. The molecule has 0 aromatic heterocycles. The van der Waals surface area contributed by atoms with E-state index in [1.165, 1.54) is 24.0 Å². The first-order valence-corrected chi connectivity index (χ1v) is 7.20. The highest BCUT2D eigenvalue weighted by Gasteiger charge is 2.24. The first-order chi connectivity index (χ1) is 8.72. The van der Waals surface area contributed by atoms with Crippen LogP contribution in [0.15, 0.2) is 18.2 Å². The second kappa shape index (κ2) is 6.24. The van der Waals surface area contributed by atoms with Crippen LogP contribution in [0.2, 0.25) is 0 Å². The van der Waals surface area contributed by atoms with Crippen LogP contribution in [0, 0.1) is 5.92 Å². The third kappa shape index (κ3) is 3.05. The summed E-state index contributed by atoms with van der Waals surface area (Å²) in [6.45, 7) is 8.50. The molecule has 0 radical (unpaired) electrons. The van der Waals surface area contributed by atoms with Gasteiger partial charge in [-0.2, -0.15) is 0 Å². The Morgan fingerprint density at radius 3 is 2.94 bits per heavy atom. The number of fused-ring (bicyclic) bond motifs is 1. The third-order valence-corrected chi connectivity index (χ3v) is 3.44. The van der Waals surface area contributed by atoms with Crippen molar-refractivity contribution < 1.29 is 4.74 Å². The number of hydrogen-bond acceptors (Lipinski definition) is 2. The van der Waals surface area contributed by atoms with E-state index in [4.69, 9.17) is 4.74 Å². The van der Waals surface area contributed by atoms with Crippen LogP contribution >= 0.6 is 0 Å². The lowest BCUT2D eigenvalue weighted by Crippen LogP contribution is -2.19. The Kier molecular flexibility index (Phi) is 4.65. The van der Waals surface area contributed by atoms with Crippen LogP contribution in [0.5, 0.6) is 5.75 Å². The zero-order chi connectivity index (χ0) is 13.0. The number of hydrogen-bond donors (Lipinski definition) is 1. The maximum absolute atomic E-state index is 5.94. The molecule has 1 aromatic carbocycles. The van der Waals surface area contributed by atoms with E-state index < -0.39 is 0 Å². The van der Waals surface area contributed by atoms with Crippen LogP contribution in [-0.2, 0) is 6.42 Å². The van der Waals surface area contributed by atoms with Crippen molar-refractivity contribution in [2.45, 2.75) is 46.1 Å². The molecule has 0 bridgehead atoms. The molecule has 2 nitrogen and oxygen atoms in total. The van der Waals surface area contributed by atoms with E-state index in [1.807, 2.05) is 0 Å². The van der Waals surface area contributed by atoms with Gasteiger partial charge in [0.1, 0.15) is 5.75 Å². The Bertz CT molecular complexity index is 387. The summed E-state index contributed by atoms with van der Waals surface area (Å²) in [4.78, 5) is 0. The number of ether oxygens (including phenoxy) is 1. The standard InChI is InChI=1S/C16H25NO/c1-4-10-17-15-9-8-14-13(15)6-5-7-16(14)18-11-12(2)3/h5-7,12,15,17H,4,8-11H2,1-3H3. The maximum Gasteiger partial charge on any atom is 0.122 e. The summed E-state index contributed by atoms with van der Waals surface area (Å²) >= 11 is 0. The van der Waals surface area contributed by atoms with Gasteiger partial charge in [0, 0.05) is 6.04 Å². The lowest BCUT2D eigenvalue weighted by Gasteiger charge is -2.15. The van der Waals surface area contributed by atoms with Crippen molar-refractivity contribution in [1.82, 2.24) is 5.32 Å². The highest BCUT2D eigenvalue weighted by molar-refractivity contribution is 5.45. The van der Waals surface area contributed by atoms with Crippen LogP contribution in [-0.4, -0.2) is 13.2 Å². The molecule has 0 saturated heterocycles. The zero-order valence-corrected chi connectivity index (χ0v) is 11.8. The summed E-state index contributed by atoms with van der Waals surface area (Å²) in [6, 6.07) is 7.02. The zero-order valence-electron chi connectivity index (χ0n) is 11.8. The molecule has 1 aliphatic carbocycles. The van der Waals surface area contributed by atoms with Gasteiger partial charge < -0.3 is 10.1 Å². The predicted octanol–water partition coefficient (Wildman–Crippen LogP) is 3.71. The van der Waals surface area contributed by atoms with Gasteiger partial charge in [-0.15, -0.1) is 0 Å². The van der Waals surface area contributed by atoms with Gasteiger partial charge in [-0.3, -0.25) is 0 Å². The van der Waals surface area contributed by atoms with Gasteiger partial charge >= 0.3 is 0 Å². The number of rotatable bonds is 6. The van der Waals surface area contributed by atoms with Crippen LogP contribution in [0.1, 0.15) is 50.8 Å². The normalized spacial score (nSPS) is 18.1. The highest BCUT2D eigenvalue weighted by atomic mass is 16.5. The lowest BCUT2D eigenvalue weighted by atomic mass is 10.1. The van der Waals surface area contributed by atoms with Gasteiger partial charge in [0.2, 0.25) is 0 Å². The van der Waals surface area contributed by atoms with Crippen molar-refractivity contribution >= 4 is 0 Å². The minimum Gasteiger partial charge on any atom is -0.493 e. The summed E-state index contributed by atoms with van der Waals surface area (Å²) in [5, 5.41) is 3.62. The molecule has 0 spiro atoms. The fraction of sp³-hybridized carbons (Fsp3) is 0.625. The Hall–Kier alpha value is -1.02. The Balaban J connectivity index is 2.09. The van der Waals surface area contributed by atoms with Crippen LogP contribution in [0.25, 0.3) is 0 Å². The molecule has 1 aliphatic rings. The van der Waals surface area contributed by atoms with E-state index in [9.17, 15) is 0 Å². The average molecular weight is 247 g/mol. The molecule has 100 valence electrons. The van der Waals surface area contributed by atoms with Crippen LogP contribution in [0.3, 0.4) is 0 Å². The van der Waals surface area contributed by atoms with Gasteiger partial charge in [0.05, 0.1) is 6.61 Å². The molecule has 2 rings (SSSR count). The molecular formula is C16H25NO. The fourth-order valence-corrected chi connectivity index (χ4v) is 2.54. The molecule has 18 heavy (non-hydrogen) atoms. The summed E-state index contributed by atoms with van der Waals surface area (Å²) in [5.41, 5.74) is 2.87. The van der Waals surface area contributed by atoms with Gasteiger partial charge in [-0.1, -0.05) is 32.9 Å². The van der Waals surface area contributed by atoms with E-state index in [1.54, 1.807) is 0 Å². The van der Waals surface area contributed by atoms with E-state index in [0.717, 1.165) is 25.3 Å². The molecule has 0 fully saturated rings. The van der Waals surface area contributed by atoms with Crippen molar-refractivity contribution in [3.8, 4) is 5.75 Å². The maximum atomic E-state index is 5.94. The molecular weight excluding hydrogens is 222 g/mol. The minimum absolute atomic E-state index is 0.530. The summed E-state index contributed by atoms with van der Waals surface area (Å²) in [6.07, 6.45) is 3.54. The monoisotopic (exact) mass is 247 g/mol. The second-order valence-corrected chi connectivity index (χ2v) is 5.57. The summed E-state index contributed by atoms with van der Waals surface area (Å²) < 4.78 is 5.94. The molecule has 0 amide bonds. The fourth-order valence-electron chi connectivity index (χ4n) is 2.54. The molecule has 0 aliphatic heterocycles. The largest absolute Gasteiger partial charge is 0.493 e. The number of benzene rings is 1. The van der Waals surface area contributed by atoms with Crippen LogP contribution < -0.4 is 10.1 Å². The summed E-state index contributed by atoms with van der Waals surface area (Å²) in [5.74, 6) is 1.68. The van der Waals surface area contributed by atoms with E-state index in [-0.39, 0.29) is 0 Å². The SMILES string of the molecule is CCCNC1CCc2c(OCC(C)C)cccc21. The first kappa shape index (κ1) is 13.4. The Labute approximate surface area is 111 Å². The van der Waals surface area contributed by atoms with Crippen molar-refractivity contribution in [2.24, 2.45) is 5.92 Å². The third-order valence-electron chi connectivity index (χ3n) is 3.44. The smallest absolute Gasteiger partial charge is 0.122 e. The average Bonchev–Trinajstić information content (AvgIpc) is 2.77. The topological polar surface area (TPSA) is 21.3 Å². The first-order valence-electron chi connectivity index (χ1n) is 7.20. The van der Waals surface area contributed by atoms with Gasteiger partial charge in [-0.25, -0.2) is 0 Å². The minimum atomic E-state index is 0.530. The second-order valence-electron chi connectivity index (χ2n) is 5.57. The van der Waals surface area contributed by atoms with Crippen molar-refractivity contribution in [3.63, 3.8) is 0 Å². The van der Waals surface area contributed by atoms with Crippen molar-refractivity contribution in [2.75, 3.05) is 13.2 Å². The molecule has 1 atom stereocenters. The molecule has 1 unspecified atom stereocenters. The molecule has 1 N–H and O–H groups in total. The van der Waals surface area contributed by atoms with Crippen LogP contribution in [0.4, 0.5) is 0 Å². The Morgan fingerprint density at radius 1 is 1.39 bits per heavy atom. The van der Waals surface area contributed by atoms with E-state index in [0.29, 0.717) is 12.0 Å². The highest BCUT2D eigenvalue weighted by Crippen LogP contribution is 2.36. The van der Waals surface area contributed by atoms with Gasteiger partial charge in [0.25, 0.3) is 0 Å². The van der Waals surface area contributed by atoms with Gasteiger partial charge in [-0.05, 0) is 48.9 Å². The van der Waals surface area contributed by atoms with Crippen molar-refractivity contribution in [3.05, 3.63) is 29.3 Å². The molecule has 1 aromatic rings.